The van der Waals surface area contributed by atoms with Crippen molar-refractivity contribution in [2.75, 3.05) is 30.8 Å². The van der Waals surface area contributed by atoms with E-state index in [0.717, 1.165) is 11.3 Å². The number of ether oxygens (including phenoxy) is 1. The minimum atomic E-state index is -0.605. The van der Waals surface area contributed by atoms with Crippen LogP contribution in [0, 0.1) is 6.92 Å². The van der Waals surface area contributed by atoms with Crippen LogP contribution in [0.25, 0.3) is 0 Å². The Morgan fingerprint density at radius 2 is 1.57 bits per heavy atom. The second-order valence-electron chi connectivity index (χ2n) is 8.24. The van der Waals surface area contributed by atoms with Crippen molar-refractivity contribution in [3.05, 3.63) is 80.7 Å². The molecule has 0 radical (unpaired) electrons. The lowest BCUT2D eigenvalue weighted by Gasteiger charge is -2.21. The molecule has 190 valence electrons. The van der Waals surface area contributed by atoms with Gasteiger partial charge in [0.2, 0.25) is 0 Å². The molecule has 1 aromatic heterocycles. The lowest BCUT2D eigenvalue weighted by molar-refractivity contribution is 0.0601. The Morgan fingerprint density at radius 1 is 0.946 bits per heavy atom. The zero-order valence-electron chi connectivity index (χ0n) is 20.8. The molecule has 0 saturated heterocycles. The number of nitrogens with zero attached hydrogens (tertiary/aromatic N) is 1. The van der Waals surface area contributed by atoms with E-state index in [1.807, 2.05) is 13.8 Å². The number of thiocarbonyl (C=S) groups is 1. The zero-order valence-corrected chi connectivity index (χ0v) is 22.4. The van der Waals surface area contributed by atoms with Crippen LogP contribution >= 0.6 is 23.6 Å². The number of hydrogen-bond donors (Lipinski definition) is 2. The lowest BCUT2D eigenvalue weighted by atomic mass is 9.83. The van der Waals surface area contributed by atoms with Gasteiger partial charge in [0.25, 0.3) is 5.91 Å². The van der Waals surface area contributed by atoms with Gasteiger partial charge < -0.3 is 20.3 Å². The molecule has 0 aliphatic heterocycles. The van der Waals surface area contributed by atoms with Gasteiger partial charge >= 0.3 is 5.97 Å². The average Bonchev–Trinajstić information content (AvgIpc) is 3.22. The molecule has 0 unspecified atom stereocenters. The SMILES string of the molecule is CCN(CC)C(=O)c1sc(NC(=S)Nc2cccc3c2C(=O)c2ccccc2C3=O)c(C(=O)OC)c1C. The molecular formula is C27H25N3O5S2. The van der Waals surface area contributed by atoms with Crippen LogP contribution in [-0.2, 0) is 4.74 Å². The van der Waals surface area contributed by atoms with Gasteiger partial charge in [-0.05, 0) is 44.6 Å². The van der Waals surface area contributed by atoms with Gasteiger partial charge in [0, 0.05) is 29.8 Å². The fourth-order valence-electron chi connectivity index (χ4n) is 4.31. The van der Waals surface area contributed by atoms with Crippen LogP contribution in [0.3, 0.4) is 0 Å². The highest BCUT2D eigenvalue weighted by atomic mass is 32.1. The standard InChI is InChI=1S/C27H25N3O5S2/c1-5-30(6-2)25(33)23-14(3)19(26(34)35-4)24(37-23)29-27(36)28-18-13-9-12-17-20(18)22(32)16-11-8-7-10-15(16)21(17)31/h7-13H,5-6H2,1-4H3,(H2,28,29,36). The highest BCUT2D eigenvalue weighted by molar-refractivity contribution is 7.80. The topological polar surface area (TPSA) is 105 Å². The van der Waals surface area contributed by atoms with Crippen molar-refractivity contribution in [2.24, 2.45) is 0 Å². The number of rotatable bonds is 6. The van der Waals surface area contributed by atoms with Gasteiger partial charge in [-0.3, -0.25) is 14.4 Å². The van der Waals surface area contributed by atoms with Gasteiger partial charge in [-0.1, -0.05) is 36.4 Å². The summed E-state index contributed by atoms with van der Waals surface area (Å²) in [6, 6.07) is 11.6. The molecule has 8 nitrogen and oxygen atoms in total. The molecule has 2 N–H and O–H groups in total. The molecule has 0 spiro atoms. The zero-order chi connectivity index (χ0) is 26.9. The number of methoxy groups -OCH3 is 1. The summed E-state index contributed by atoms with van der Waals surface area (Å²) >= 11 is 6.61. The van der Waals surface area contributed by atoms with E-state index in [0.29, 0.717) is 45.3 Å². The van der Waals surface area contributed by atoms with Crippen molar-refractivity contribution in [1.29, 1.82) is 0 Å². The van der Waals surface area contributed by atoms with Crippen LogP contribution in [0.15, 0.2) is 42.5 Å². The predicted molar refractivity (Wildman–Crippen MR) is 147 cm³/mol. The van der Waals surface area contributed by atoms with E-state index >= 15 is 0 Å². The van der Waals surface area contributed by atoms with Crippen LogP contribution in [-0.4, -0.2) is 53.7 Å². The third-order valence-electron chi connectivity index (χ3n) is 6.21. The van der Waals surface area contributed by atoms with Crippen molar-refractivity contribution < 1.29 is 23.9 Å². The maximum atomic E-state index is 13.3. The first kappa shape index (κ1) is 26.2. The smallest absolute Gasteiger partial charge is 0.341 e. The Kier molecular flexibility index (Phi) is 7.51. The molecule has 1 aliphatic carbocycles. The number of amides is 1. The van der Waals surface area contributed by atoms with Gasteiger partial charge in [0.05, 0.1) is 28.8 Å². The quantitative estimate of drug-likeness (QED) is 0.265. The summed E-state index contributed by atoms with van der Waals surface area (Å²) in [5.41, 5.74) is 2.26. The summed E-state index contributed by atoms with van der Waals surface area (Å²) in [7, 11) is 1.27. The van der Waals surface area contributed by atoms with Crippen molar-refractivity contribution in [3.8, 4) is 0 Å². The lowest BCUT2D eigenvalue weighted by Crippen LogP contribution is -2.30. The Bertz CT molecular complexity index is 1460. The number of nitrogens with one attached hydrogen (secondary N) is 2. The third kappa shape index (κ3) is 4.65. The average molecular weight is 536 g/mol. The largest absolute Gasteiger partial charge is 0.465 e. The first-order chi connectivity index (χ1) is 17.7. The molecule has 0 atom stereocenters. The van der Waals surface area contributed by atoms with E-state index < -0.39 is 5.97 Å². The Morgan fingerprint density at radius 3 is 2.19 bits per heavy atom. The molecule has 0 saturated carbocycles. The molecule has 0 bridgehead atoms. The van der Waals surface area contributed by atoms with E-state index in [-0.39, 0.29) is 39.3 Å². The Hall–Kier alpha value is -3.89. The van der Waals surface area contributed by atoms with Crippen LogP contribution in [0.5, 0.6) is 0 Å². The third-order valence-corrected chi connectivity index (χ3v) is 7.61. The fraction of sp³-hybridized carbons (Fsp3) is 0.222. The van der Waals surface area contributed by atoms with Crippen molar-refractivity contribution >= 4 is 62.8 Å². The maximum Gasteiger partial charge on any atom is 0.341 e. The van der Waals surface area contributed by atoms with E-state index in [9.17, 15) is 19.2 Å². The minimum Gasteiger partial charge on any atom is -0.465 e. The number of ketones is 2. The second-order valence-corrected chi connectivity index (χ2v) is 9.67. The van der Waals surface area contributed by atoms with Gasteiger partial charge in [0.15, 0.2) is 16.7 Å². The number of fused-ring (bicyclic) bond motifs is 2. The minimum absolute atomic E-state index is 0.0840. The monoisotopic (exact) mass is 535 g/mol. The van der Waals surface area contributed by atoms with Crippen LogP contribution in [0.1, 0.15) is 71.3 Å². The molecule has 37 heavy (non-hydrogen) atoms. The number of hydrogen-bond acceptors (Lipinski definition) is 7. The highest BCUT2D eigenvalue weighted by Crippen LogP contribution is 2.36. The fourth-order valence-corrected chi connectivity index (χ4v) is 5.76. The molecule has 1 amide bonds. The Labute approximate surface area is 223 Å². The van der Waals surface area contributed by atoms with E-state index in [2.05, 4.69) is 10.6 Å². The summed E-state index contributed by atoms with van der Waals surface area (Å²) in [6.45, 7) is 6.51. The molecule has 3 aromatic rings. The summed E-state index contributed by atoms with van der Waals surface area (Å²) in [6.07, 6.45) is 0. The number of carbonyl (C=O) groups excluding carboxylic acids is 4. The molecule has 2 aromatic carbocycles. The number of esters is 1. The first-order valence-electron chi connectivity index (χ1n) is 11.6. The van der Waals surface area contributed by atoms with Crippen LogP contribution in [0.2, 0.25) is 0 Å². The van der Waals surface area contributed by atoms with E-state index in [1.165, 1.54) is 7.11 Å². The number of thiophene rings is 1. The summed E-state index contributed by atoms with van der Waals surface area (Å²) in [4.78, 5) is 54.0. The van der Waals surface area contributed by atoms with Gasteiger partial charge in [0.1, 0.15) is 5.00 Å². The molecule has 4 rings (SSSR count). The molecule has 1 aliphatic rings. The van der Waals surface area contributed by atoms with E-state index in [4.69, 9.17) is 17.0 Å². The molecule has 0 fully saturated rings. The normalized spacial score (nSPS) is 11.9. The van der Waals surface area contributed by atoms with Gasteiger partial charge in [-0.2, -0.15) is 0 Å². The number of benzene rings is 2. The van der Waals surface area contributed by atoms with Gasteiger partial charge in [-0.25, -0.2) is 4.79 Å². The molecule has 1 heterocycles. The van der Waals surface area contributed by atoms with Crippen LogP contribution in [0.4, 0.5) is 10.7 Å². The number of carbonyl (C=O) groups is 4. The second kappa shape index (κ2) is 10.6. The summed E-state index contributed by atoms with van der Waals surface area (Å²) < 4.78 is 4.95. The summed E-state index contributed by atoms with van der Waals surface area (Å²) in [5, 5.41) is 6.41. The van der Waals surface area contributed by atoms with E-state index in [1.54, 1.807) is 54.3 Å². The number of anilines is 2. The maximum absolute atomic E-state index is 13.3. The molecule has 10 heteroatoms. The van der Waals surface area contributed by atoms with Gasteiger partial charge in [-0.15, -0.1) is 11.3 Å². The summed E-state index contributed by atoms with van der Waals surface area (Å²) in [5.74, 6) is -1.32. The van der Waals surface area contributed by atoms with Crippen molar-refractivity contribution in [3.63, 3.8) is 0 Å². The first-order valence-corrected chi connectivity index (χ1v) is 12.9. The van der Waals surface area contributed by atoms with Crippen LogP contribution < -0.4 is 10.6 Å². The molecular weight excluding hydrogens is 510 g/mol. The van der Waals surface area contributed by atoms with Crippen molar-refractivity contribution in [2.45, 2.75) is 20.8 Å². The Balaban J connectivity index is 1.67. The predicted octanol–water partition coefficient (Wildman–Crippen LogP) is 4.91. The van der Waals surface area contributed by atoms with Crippen molar-refractivity contribution in [1.82, 2.24) is 4.90 Å². The highest BCUT2D eigenvalue weighted by Gasteiger charge is 2.32.